The molecule has 15 heavy (non-hydrogen) atoms. The van der Waals surface area contributed by atoms with Gasteiger partial charge in [-0.1, -0.05) is 24.3 Å². The first kappa shape index (κ1) is 11.0. The fraction of sp³-hybridized carbons (Fsp3) is 0.0909. The molecule has 0 amide bonds. The van der Waals surface area contributed by atoms with Gasteiger partial charge in [0.05, 0.1) is 6.61 Å². The lowest BCUT2D eigenvalue weighted by atomic mass is 10.1. The number of aliphatic hydroxyl groups is 1. The Morgan fingerprint density at radius 2 is 2.00 bits per heavy atom. The Balaban J connectivity index is 2.98. The van der Waals surface area contributed by atoms with Gasteiger partial charge in [-0.2, -0.15) is 5.26 Å². The molecule has 76 valence electrons. The topological polar surface area (TPSA) is 81.3 Å². The first-order valence-electron chi connectivity index (χ1n) is 4.22. The summed E-state index contributed by atoms with van der Waals surface area (Å²) < 4.78 is 0. The Morgan fingerprint density at radius 3 is 2.40 bits per heavy atom. The molecule has 0 heterocycles. The lowest BCUT2D eigenvalue weighted by Gasteiger charge is -1.97. The van der Waals surface area contributed by atoms with Crippen molar-refractivity contribution in [2.45, 2.75) is 6.61 Å². The molecular formula is C11H9NO3. The Labute approximate surface area is 86.7 Å². The normalized spacial score (nSPS) is 10.8. The highest BCUT2D eigenvalue weighted by molar-refractivity contribution is 5.96. The minimum Gasteiger partial charge on any atom is -0.477 e. The highest BCUT2D eigenvalue weighted by Gasteiger charge is 2.04. The number of carbonyl (C=O) groups is 1. The van der Waals surface area contributed by atoms with Crippen LogP contribution in [-0.2, 0) is 11.4 Å². The van der Waals surface area contributed by atoms with Crippen molar-refractivity contribution >= 4 is 12.0 Å². The summed E-state index contributed by atoms with van der Waals surface area (Å²) in [5.41, 5.74) is 1.04. The smallest absolute Gasteiger partial charge is 0.346 e. The van der Waals surface area contributed by atoms with Crippen LogP contribution in [0.1, 0.15) is 11.1 Å². The summed E-state index contributed by atoms with van der Waals surface area (Å²) in [7, 11) is 0. The zero-order chi connectivity index (χ0) is 11.3. The Kier molecular flexibility index (Phi) is 3.61. The molecule has 4 heteroatoms. The third kappa shape index (κ3) is 2.93. The Morgan fingerprint density at radius 1 is 1.40 bits per heavy atom. The van der Waals surface area contributed by atoms with Crippen LogP contribution in [0.3, 0.4) is 0 Å². The predicted octanol–water partition coefficient (Wildman–Crippen LogP) is 1.17. The highest BCUT2D eigenvalue weighted by Crippen LogP contribution is 2.09. The average molecular weight is 203 g/mol. The van der Waals surface area contributed by atoms with Crippen molar-refractivity contribution in [2.75, 3.05) is 0 Å². The minimum absolute atomic E-state index is 0.0615. The molecule has 0 aliphatic heterocycles. The van der Waals surface area contributed by atoms with E-state index in [1.165, 1.54) is 6.08 Å². The molecule has 0 saturated carbocycles. The summed E-state index contributed by atoms with van der Waals surface area (Å²) in [6, 6.07) is 8.22. The summed E-state index contributed by atoms with van der Waals surface area (Å²) in [6.07, 6.45) is 1.28. The van der Waals surface area contributed by atoms with Gasteiger partial charge in [0.25, 0.3) is 0 Å². The van der Waals surface area contributed by atoms with Gasteiger partial charge in [0.2, 0.25) is 0 Å². The van der Waals surface area contributed by atoms with Crippen molar-refractivity contribution in [1.29, 1.82) is 5.26 Å². The van der Waals surface area contributed by atoms with Crippen LogP contribution in [-0.4, -0.2) is 16.2 Å². The molecule has 0 aromatic heterocycles. The van der Waals surface area contributed by atoms with Gasteiger partial charge in [0.1, 0.15) is 11.6 Å². The van der Waals surface area contributed by atoms with Gasteiger partial charge < -0.3 is 10.2 Å². The van der Waals surface area contributed by atoms with Crippen molar-refractivity contribution in [3.8, 4) is 6.07 Å². The van der Waals surface area contributed by atoms with Crippen molar-refractivity contribution in [2.24, 2.45) is 0 Å². The van der Waals surface area contributed by atoms with Gasteiger partial charge in [-0.05, 0) is 17.2 Å². The van der Waals surface area contributed by atoms with E-state index in [0.29, 0.717) is 5.56 Å². The van der Waals surface area contributed by atoms with Gasteiger partial charge >= 0.3 is 5.97 Å². The molecule has 4 nitrogen and oxygen atoms in total. The molecule has 0 spiro atoms. The maximum atomic E-state index is 10.5. The summed E-state index contributed by atoms with van der Waals surface area (Å²) in [6.45, 7) is -0.0615. The molecule has 1 rings (SSSR count). The van der Waals surface area contributed by atoms with E-state index in [2.05, 4.69) is 0 Å². The van der Waals surface area contributed by atoms with Crippen LogP contribution in [0.15, 0.2) is 29.8 Å². The van der Waals surface area contributed by atoms with E-state index in [-0.39, 0.29) is 12.2 Å². The van der Waals surface area contributed by atoms with Crippen LogP contribution in [0.25, 0.3) is 6.08 Å². The van der Waals surface area contributed by atoms with Gasteiger partial charge in [-0.15, -0.1) is 0 Å². The molecule has 1 aromatic carbocycles. The quantitative estimate of drug-likeness (QED) is 0.570. The SMILES string of the molecule is N#C/C(=C\c1ccc(CO)cc1)C(=O)O. The number of nitriles is 1. The van der Waals surface area contributed by atoms with Crippen molar-refractivity contribution in [1.82, 2.24) is 0 Å². The molecule has 0 bridgehead atoms. The molecular weight excluding hydrogens is 194 g/mol. The lowest BCUT2D eigenvalue weighted by Crippen LogP contribution is -1.97. The number of aliphatic carboxylic acids is 1. The number of hydrogen-bond acceptors (Lipinski definition) is 3. The van der Waals surface area contributed by atoms with Gasteiger partial charge in [-0.3, -0.25) is 0 Å². The maximum absolute atomic E-state index is 10.5. The van der Waals surface area contributed by atoms with Crippen molar-refractivity contribution < 1.29 is 15.0 Å². The summed E-state index contributed by atoms with van der Waals surface area (Å²) in [5.74, 6) is -1.25. The van der Waals surface area contributed by atoms with Gasteiger partial charge in [-0.25, -0.2) is 4.79 Å². The van der Waals surface area contributed by atoms with E-state index in [1.54, 1.807) is 30.3 Å². The summed E-state index contributed by atoms with van der Waals surface area (Å²) >= 11 is 0. The molecule has 1 aromatic rings. The molecule has 0 saturated heterocycles. The van der Waals surface area contributed by atoms with Crippen LogP contribution in [0.4, 0.5) is 0 Å². The zero-order valence-corrected chi connectivity index (χ0v) is 7.84. The Hall–Kier alpha value is -2.12. The van der Waals surface area contributed by atoms with E-state index in [0.717, 1.165) is 5.56 Å². The number of benzene rings is 1. The summed E-state index contributed by atoms with van der Waals surface area (Å²) in [4.78, 5) is 10.5. The van der Waals surface area contributed by atoms with E-state index in [1.807, 2.05) is 0 Å². The fourth-order valence-electron chi connectivity index (χ4n) is 1.03. The summed E-state index contributed by atoms with van der Waals surface area (Å²) in [5, 5.41) is 25.9. The number of carboxylic acid groups (broad SMARTS) is 1. The predicted molar refractivity (Wildman–Crippen MR) is 53.6 cm³/mol. The average Bonchev–Trinajstić information content (AvgIpc) is 2.26. The highest BCUT2D eigenvalue weighted by atomic mass is 16.4. The largest absolute Gasteiger partial charge is 0.477 e. The number of hydrogen-bond donors (Lipinski definition) is 2. The third-order valence-electron chi connectivity index (χ3n) is 1.82. The fourth-order valence-corrected chi connectivity index (χ4v) is 1.03. The van der Waals surface area contributed by atoms with Gasteiger partial charge in [0, 0.05) is 0 Å². The van der Waals surface area contributed by atoms with Crippen LogP contribution in [0.2, 0.25) is 0 Å². The van der Waals surface area contributed by atoms with E-state index >= 15 is 0 Å². The monoisotopic (exact) mass is 203 g/mol. The van der Waals surface area contributed by atoms with Crippen LogP contribution in [0, 0.1) is 11.3 Å². The van der Waals surface area contributed by atoms with Crippen LogP contribution >= 0.6 is 0 Å². The van der Waals surface area contributed by atoms with Gasteiger partial charge in [0.15, 0.2) is 0 Å². The molecule has 2 N–H and O–H groups in total. The molecule has 0 radical (unpaired) electrons. The molecule has 0 fully saturated rings. The van der Waals surface area contributed by atoms with E-state index in [4.69, 9.17) is 15.5 Å². The molecule has 0 unspecified atom stereocenters. The first-order chi connectivity index (χ1) is 7.17. The number of carboxylic acids is 1. The van der Waals surface area contributed by atoms with E-state index < -0.39 is 5.97 Å². The molecule has 0 atom stereocenters. The third-order valence-corrected chi connectivity index (χ3v) is 1.82. The lowest BCUT2D eigenvalue weighted by molar-refractivity contribution is -0.132. The molecule has 0 aliphatic carbocycles. The van der Waals surface area contributed by atoms with Crippen LogP contribution in [0.5, 0.6) is 0 Å². The number of aliphatic hydroxyl groups excluding tert-OH is 1. The van der Waals surface area contributed by atoms with E-state index in [9.17, 15) is 4.79 Å². The standard InChI is InChI=1S/C11H9NO3/c12-6-10(11(14)15)5-8-1-3-9(7-13)4-2-8/h1-5,13H,7H2,(H,14,15)/b10-5+. The molecule has 0 aliphatic rings. The maximum Gasteiger partial charge on any atom is 0.346 e. The number of nitrogens with zero attached hydrogens (tertiary/aromatic N) is 1. The second-order valence-electron chi connectivity index (χ2n) is 2.87. The Bertz CT molecular complexity index is 426. The van der Waals surface area contributed by atoms with Crippen molar-refractivity contribution in [3.05, 3.63) is 41.0 Å². The second-order valence-corrected chi connectivity index (χ2v) is 2.87. The zero-order valence-electron chi connectivity index (χ0n) is 7.84. The second kappa shape index (κ2) is 4.94. The van der Waals surface area contributed by atoms with Crippen LogP contribution < -0.4 is 0 Å². The van der Waals surface area contributed by atoms with Crippen molar-refractivity contribution in [3.63, 3.8) is 0 Å². The minimum atomic E-state index is -1.25. The number of rotatable bonds is 3. The first-order valence-corrected chi connectivity index (χ1v) is 4.22.